The average Bonchev–Trinajstić information content (AvgIpc) is 2.67. The van der Waals surface area contributed by atoms with Gasteiger partial charge in [0.25, 0.3) is 0 Å². The molecule has 30 heavy (non-hydrogen) atoms. The Morgan fingerprint density at radius 2 is 1.37 bits per heavy atom. The maximum atomic E-state index is 9.01. The average molecular weight is 445 g/mol. The number of hydrogen-bond acceptors (Lipinski definition) is 5. The van der Waals surface area contributed by atoms with Crippen molar-refractivity contribution >= 4 is 8.32 Å². The SMILES string of the molecule is CC(C)(C)[Si](C)(C)OCCCCN1CC(CCCCCO)NC(CCCCCO)C1. The van der Waals surface area contributed by atoms with Gasteiger partial charge in [0.15, 0.2) is 8.32 Å². The van der Waals surface area contributed by atoms with E-state index < -0.39 is 8.32 Å². The Morgan fingerprint density at radius 1 is 0.833 bits per heavy atom. The number of aliphatic hydroxyl groups excluding tert-OH is 2. The molecule has 0 aromatic rings. The van der Waals surface area contributed by atoms with Gasteiger partial charge >= 0.3 is 0 Å². The van der Waals surface area contributed by atoms with Gasteiger partial charge in [-0.05, 0) is 63.2 Å². The highest BCUT2D eigenvalue weighted by atomic mass is 28.4. The minimum absolute atomic E-state index is 0.290. The lowest BCUT2D eigenvalue weighted by atomic mass is 9.99. The van der Waals surface area contributed by atoms with E-state index in [-0.39, 0.29) is 5.04 Å². The monoisotopic (exact) mass is 444 g/mol. The molecule has 0 amide bonds. The molecule has 1 aliphatic heterocycles. The zero-order chi connectivity index (χ0) is 22.5. The van der Waals surface area contributed by atoms with Crippen molar-refractivity contribution in [1.82, 2.24) is 10.2 Å². The van der Waals surface area contributed by atoms with E-state index in [9.17, 15) is 0 Å². The molecule has 0 aromatic heterocycles. The minimum Gasteiger partial charge on any atom is -0.417 e. The molecule has 2 unspecified atom stereocenters. The fraction of sp³-hybridized carbons (Fsp3) is 1.00. The first-order valence-corrected chi connectivity index (χ1v) is 15.4. The van der Waals surface area contributed by atoms with Crippen LogP contribution in [0.1, 0.15) is 85.0 Å². The summed E-state index contributed by atoms with van der Waals surface area (Å²) in [7, 11) is -1.62. The second kappa shape index (κ2) is 15.0. The maximum Gasteiger partial charge on any atom is 0.191 e. The Balaban J connectivity index is 2.38. The molecule has 180 valence electrons. The number of rotatable bonds is 16. The molecular formula is C24H52N2O3Si. The van der Waals surface area contributed by atoms with Crippen LogP contribution in [0.5, 0.6) is 0 Å². The van der Waals surface area contributed by atoms with Gasteiger partial charge in [0.2, 0.25) is 0 Å². The molecule has 0 saturated carbocycles. The molecule has 1 rings (SSSR count). The highest BCUT2D eigenvalue weighted by Gasteiger charge is 2.36. The summed E-state index contributed by atoms with van der Waals surface area (Å²) in [6.07, 6.45) is 11.3. The molecule has 0 spiro atoms. The molecule has 1 fully saturated rings. The summed E-state index contributed by atoms with van der Waals surface area (Å²) in [5.74, 6) is 0. The first-order valence-electron chi connectivity index (χ1n) is 12.5. The number of unbranched alkanes of at least 4 members (excludes halogenated alkanes) is 5. The van der Waals surface area contributed by atoms with E-state index in [2.05, 4.69) is 44.1 Å². The predicted octanol–water partition coefficient (Wildman–Crippen LogP) is 4.54. The Bertz CT molecular complexity index is 409. The van der Waals surface area contributed by atoms with Gasteiger partial charge in [-0.2, -0.15) is 0 Å². The van der Waals surface area contributed by atoms with Crippen molar-refractivity contribution in [3.8, 4) is 0 Å². The van der Waals surface area contributed by atoms with Crippen molar-refractivity contribution < 1.29 is 14.6 Å². The lowest BCUT2D eigenvalue weighted by Crippen LogP contribution is -2.56. The van der Waals surface area contributed by atoms with Crippen LogP contribution < -0.4 is 5.32 Å². The van der Waals surface area contributed by atoms with Gasteiger partial charge in [0, 0.05) is 45.0 Å². The topological polar surface area (TPSA) is 65.0 Å². The minimum atomic E-state index is -1.62. The van der Waals surface area contributed by atoms with Crippen LogP contribution in [0.3, 0.4) is 0 Å². The zero-order valence-electron chi connectivity index (χ0n) is 20.7. The van der Waals surface area contributed by atoms with E-state index in [1.807, 2.05) is 0 Å². The van der Waals surface area contributed by atoms with Crippen molar-refractivity contribution in [1.29, 1.82) is 0 Å². The second-order valence-corrected chi connectivity index (χ2v) is 15.6. The van der Waals surface area contributed by atoms with Gasteiger partial charge in [-0.3, -0.25) is 0 Å². The Hall–Kier alpha value is 0.0169. The van der Waals surface area contributed by atoms with E-state index in [0.717, 1.165) is 51.8 Å². The summed E-state index contributed by atoms with van der Waals surface area (Å²) in [5, 5.41) is 22.2. The summed E-state index contributed by atoms with van der Waals surface area (Å²) in [4.78, 5) is 2.66. The van der Waals surface area contributed by atoms with Crippen LogP contribution in [0.4, 0.5) is 0 Å². The first-order chi connectivity index (χ1) is 14.2. The van der Waals surface area contributed by atoms with Crippen molar-refractivity contribution in [2.24, 2.45) is 0 Å². The van der Waals surface area contributed by atoms with Crippen LogP contribution in [0.15, 0.2) is 0 Å². The van der Waals surface area contributed by atoms with E-state index in [1.165, 1.54) is 38.6 Å². The van der Waals surface area contributed by atoms with Crippen LogP contribution in [0, 0.1) is 0 Å². The summed E-state index contributed by atoms with van der Waals surface area (Å²) in [6.45, 7) is 16.6. The second-order valence-electron chi connectivity index (χ2n) is 10.8. The molecule has 1 heterocycles. The van der Waals surface area contributed by atoms with E-state index in [4.69, 9.17) is 14.6 Å². The van der Waals surface area contributed by atoms with Gasteiger partial charge < -0.3 is 24.9 Å². The highest BCUT2D eigenvalue weighted by Crippen LogP contribution is 2.36. The van der Waals surface area contributed by atoms with Gasteiger partial charge in [-0.1, -0.05) is 46.5 Å². The third-order valence-corrected chi connectivity index (χ3v) is 11.5. The number of hydrogen-bond donors (Lipinski definition) is 3. The molecule has 0 bridgehead atoms. The molecule has 1 saturated heterocycles. The van der Waals surface area contributed by atoms with Crippen LogP contribution in [-0.4, -0.2) is 75.0 Å². The molecule has 6 heteroatoms. The number of piperazine rings is 1. The first kappa shape index (κ1) is 28.1. The van der Waals surface area contributed by atoms with Gasteiger partial charge in [0.1, 0.15) is 0 Å². The fourth-order valence-corrected chi connectivity index (χ4v) is 5.10. The summed E-state index contributed by atoms with van der Waals surface area (Å²) in [5.41, 5.74) is 0. The van der Waals surface area contributed by atoms with Crippen molar-refractivity contribution in [3.05, 3.63) is 0 Å². The number of aliphatic hydroxyl groups is 2. The lowest BCUT2D eigenvalue weighted by molar-refractivity contribution is 0.142. The summed E-state index contributed by atoms with van der Waals surface area (Å²) >= 11 is 0. The molecule has 5 nitrogen and oxygen atoms in total. The number of nitrogens with one attached hydrogen (secondary N) is 1. The normalized spacial score (nSPS) is 21.3. The molecule has 0 aliphatic carbocycles. The Kier molecular flexibility index (Phi) is 14.0. The molecule has 1 aliphatic rings. The standard InChI is InChI=1S/C24H52N2O3Si/c1-24(2,3)30(4,5)29-19-13-10-16-26-20-22(14-8-6-11-17-27)25-23(21-26)15-9-7-12-18-28/h22-23,25,27-28H,6-21H2,1-5H3. The predicted molar refractivity (Wildman–Crippen MR) is 131 cm³/mol. The largest absolute Gasteiger partial charge is 0.417 e. The molecule has 2 atom stereocenters. The van der Waals surface area contributed by atoms with Gasteiger partial charge in [-0.15, -0.1) is 0 Å². The van der Waals surface area contributed by atoms with Crippen LogP contribution >= 0.6 is 0 Å². The van der Waals surface area contributed by atoms with Crippen molar-refractivity contribution in [3.63, 3.8) is 0 Å². The van der Waals surface area contributed by atoms with Crippen LogP contribution in [0.2, 0.25) is 18.1 Å². The summed E-state index contributed by atoms with van der Waals surface area (Å²) in [6, 6.07) is 1.15. The highest BCUT2D eigenvalue weighted by molar-refractivity contribution is 6.74. The van der Waals surface area contributed by atoms with Crippen molar-refractivity contribution in [2.75, 3.05) is 39.5 Å². The summed E-state index contributed by atoms with van der Waals surface area (Å²) < 4.78 is 6.34. The lowest BCUT2D eigenvalue weighted by Gasteiger charge is -2.39. The molecule has 3 N–H and O–H groups in total. The smallest absolute Gasteiger partial charge is 0.191 e. The van der Waals surface area contributed by atoms with Gasteiger partial charge in [0.05, 0.1) is 0 Å². The molecule has 0 aromatic carbocycles. The number of nitrogens with zero attached hydrogens (tertiary/aromatic N) is 1. The third kappa shape index (κ3) is 11.6. The van der Waals surface area contributed by atoms with E-state index >= 15 is 0 Å². The quantitative estimate of drug-likeness (QED) is 0.241. The maximum absolute atomic E-state index is 9.01. The van der Waals surface area contributed by atoms with Crippen LogP contribution in [0.25, 0.3) is 0 Å². The molecule has 0 radical (unpaired) electrons. The van der Waals surface area contributed by atoms with E-state index in [1.54, 1.807) is 0 Å². The van der Waals surface area contributed by atoms with Crippen LogP contribution in [-0.2, 0) is 4.43 Å². The Labute approximate surface area is 188 Å². The molecular weight excluding hydrogens is 392 g/mol. The zero-order valence-corrected chi connectivity index (χ0v) is 21.7. The third-order valence-electron chi connectivity index (χ3n) is 6.99. The Morgan fingerprint density at radius 3 is 1.83 bits per heavy atom. The van der Waals surface area contributed by atoms with Crippen molar-refractivity contribution in [2.45, 2.75) is 115 Å². The fourth-order valence-electron chi connectivity index (χ4n) is 4.01. The van der Waals surface area contributed by atoms with Gasteiger partial charge in [-0.25, -0.2) is 0 Å². The van der Waals surface area contributed by atoms with E-state index in [0.29, 0.717) is 25.3 Å².